The number of hydrogen-bond acceptors (Lipinski definition) is 6. The number of carbonyl (C=O) groups excluding carboxylic acids is 2. The summed E-state index contributed by atoms with van der Waals surface area (Å²) in [6.45, 7) is 2.01. The lowest BCUT2D eigenvalue weighted by Crippen LogP contribution is -2.30. The maximum absolute atomic E-state index is 12.6. The third-order valence-corrected chi connectivity index (χ3v) is 5.51. The fraction of sp³-hybridized carbons (Fsp3) is 0.222. The molecule has 10 heteroatoms. The summed E-state index contributed by atoms with van der Waals surface area (Å²) in [6.07, 6.45) is 0. The Bertz CT molecular complexity index is 978. The van der Waals surface area contributed by atoms with Crippen LogP contribution >= 0.6 is 15.9 Å². The number of halogens is 1. The Morgan fingerprint density at radius 3 is 2.54 bits per heavy atom. The molecular weight excluding hydrogens is 452 g/mol. The van der Waals surface area contributed by atoms with E-state index in [9.17, 15) is 18.0 Å². The molecule has 0 radical (unpaired) electrons. The van der Waals surface area contributed by atoms with Gasteiger partial charge in [0.2, 0.25) is 0 Å². The minimum Gasteiger partial charge on any atom is -0.493 e. The predicted octanol–water partition coefficient (Wildman–Crippen LogP) is 2.55. The Balaban J connectivity index is 2.18. The maximum atomic E-state index is 12.6. The van der Waals surface area contributed by atoms with Gasteiger partial charge in [0.15, 0.2) is 0 Å². The number of methoxy groups -OCH3 is 1. The number of nitrogens with one attached hydrogen (secondary N) is 2. The van der Waals surface area contributed by atoms with Gasteiger partial charge in [0.1, 0.15) is 12.3 Å². The summed E-state index contributed by atoms with van der Waals surface area (Å²) >= 11 is 3.33. The molecule has 0 unspecified atom stereocenters. The van der Waals surface area contributed by atoms with Crippen molar-refractivity contribution >= 4 is 43.5 Å². The second-order valence-corrected chi connectivity index (χ2v) is 8.01. The first kappa shape index (κ1) is 21.7. The van der Waals surface area contributed by atoms with Crippen LogP contribution in [-0.2, 0) is 19.6 Å². The maximum Gasteiger partial charge on any atom is 0.325 e. The average Bonchev–Trinajstić information content (AvgIpc) is 2.67. The zero-order valence-corrected chi connectivity index (χ0v) is 17.6. The molecule has 28 heavy (non-hydrogen) atoms. The summed E-state index contributed by atoms with van der Waals surface area (Å²) in [5.74, 6) is -0.610. The van der Waals surface area contributed by atoms with Crippen molar-refractivity contribution < 1.29 is 27.5 Å². The number of rotatable bonds is 8. The van der Waals surface area contributed by atoms with E-state index in [1.165, 1.54) is 31.4 Å². The van der Waals surface area contributed by atoms with Crippen LogP contribution in [-0.4, -0.2) is 40.6 Å². The van der Waals surface area contributed by atoms with Crippen LogP contribution in [0.25, 0.3) is 0 Å². The van der Waals surface area contributed by atoms with Gasteiger partial charge < -0.3 is 14.8 Å². The third kappa shape index (κ3) is 5.70. The summed E-state index contributed by atoms with van der Waals surface area (Å²) in [4.78, 5) is 23.1. The van der Waals surface area contributed by atoms with Crippen LogP contribution in [0.2, 0.25) is 0 Å². The third-order valence-electron chi connectivity index (χ3n) is 3.51. The van der Waals surface area contributed by atoms with E-state index in [0.717, 1.165) is 0 Å². The molecule has 0 aromatic heterocycles. The van der Waals surface area contributed by atoms with Crippen LogP contribution in [0.5, 0.6) is 5.75 Å². The number of hydrogen-bond donors (Lipinski definition) is 2. The van der Waals surface area contributed by atoms with Gasteiger partial charge in [-0.25, -0.2) is 8.42 Å². The predicted molar refractivity (Wildman–Crippen MR) is 107 cm³/mol. The molecule has 0 saturated heterocycles. The minimum atomic E-state index is -3.93. The molecule has 0 heterocycles. The second kappa shape index (κ2) is 9.56. The van der Waals surface area contributed by atoms with E-state index < -0.39 is 21.9 Å². The summed E-state index contributed by atoms with van der Waals surface area (Å²) in [5, 5.41) is 2.35. The van der Waals surface area contributed by atoms with Crippen LogP contribution in [0.4, 0.5) is 5.69 Å². The first-order valence-corrected chi connectivity index (χ1v) is 10.4. The molecule has 0 aliphatic rings. The molecule has 2 aromatic rings. The van der Waals surface area contributed by atoms with Gasteiger partial charge in [-0.05, 0) is 59.3 Å². The van der Waals surface area contributed by atoms with Crippen molar-refractivity contribution in [1.29, 1.82) is 0 Å². The highest BCUT2D eigenvalue weighted by Gasteiger charge is 2.17. The van der Waals surface area contributed by atoms with Gasteiger partial charge in [-0.3, -0.25) is 14.3 Å². The van der Waals surface area contributed by atoms with Crippen LogP contribution in [0.15, 0.2) is 51.8 Å². The molecule has 0 atom stereocenters. The monoisotopic (exact) mass is 470 g/mol. The minimum absolute atomic E-state index is 0.0942. The molecule has 0 bridgehead atoms. The van der Waals surface area contributed by atoms with Crippen LogP contribution in [0.1, 0.15) is 17.3 Å². The van der Waals surface area contributed by atoms with E-state index in [4.69, 9.17) is 4.74 Å². The van der Waals surface area contributed by atoms with E-state index in [1.807, 2.05) is 6.92 Å². The van der Waals surface area contributed by atoms with Crippen molar-refractivity contribution in [2.75, 3.05) is 25.0 Å². The number of amides is 1. The van der Waals surface area contributed by atoms with Crippen LogP contribution < -0.4 is 14.8 Å². The van der Waals surface area contributed by atoms with Gasteiger partial charge >= 0.3 is 5.97 Å². The SMILES string of the molecule is CCOc1ccc(NS(=O)(=O)c2cccc(C(=O)NCC(=O)OC)c2)cc1Br. The first-order valence-electron chi connectivity index (χ1n) is 8.17. The normalized spacial score (nSPS) is 10.8. The summed E-state index contributed by atoms with van der Waals surface area (Å²) < 4.78 is 38.2. The number of esters is 1. The van der Waals surface area contributed by atoms with E-state index in [-0.39, 0.29) is 17.0 Å². The molecular formula is C18H19BrN2O6S. The fourth-order valence-corrected chi connectivity index (χ4v) is 3.77. The van der Waals surface area contributed by atoms with Crippen LogP contribution in [0.3, 0.4) is 0 Å². The summed E-state index contributed by atoms with van der Waals surface area (Å²) in [7, 11) is -2.73. The standard InChI is InChI=1S/C18H19BrN2O6S/c1-3-27-16-8-7-13(10-15(16)19)21-28(24,25)14-6-4-5-12(9-14)18(23)20-11-17(22)26-2/h4-10,21H,3,11H2,1-2H3,(H,20,23). The van der Waals surface area contributed by atoms with Gasteiger partial charge in [-0.15, -0.1) is 0 Å². The number of sulfonamides is 1. The van der Waals surface area contributed by atoms with Gasteiger partial charge in [0, 0.05) is 5.56 Å². The number of ether oxygens (including phenoxy) is 2. The Hall–Kier alpha value is -2.59. The van der Waals surface area contributed by atoms with Crippen molar-refractivity contribution in [2.45, 2.75) is 11.8 Å². The molecule has 0 saturated carbocycles. The Kier molecular flexibility index (Phi) is 7.41. The second-order valence-electron chi connectivity index (χ2n) is 5.47. The summed E-state index contributed by atoms with van der Waals surface area (Å²) in [6, 6.07) is 10.3. The lowest BCUT2D eigenvalue weighted by Gasteiger charge is -2.11. The molecule has 2 rings (SSSR count). The Labute approximate surface area is 171 Å². The zero-order chi connectivity index (χ0) is 20.7. The highest BCUT2D eigenvalue weighted by Crippen LogP contribution is 2.29. The average molecular weight is 471 g/mol. The Morgan fingerprint density at radius 1 is 1.14 bits per heavy atom. The first-order chi connectivity index (χ1) is 13.3. The molecule has 0 aliphatic heterocycles. The lowest BCUT2D eigenvalue weighted by molar-refractivity contribution is -0.139. The molecule has 1 amide bonds. The molecule has 8 nitrogen and oxygen atoms in total. The van der Waals surface area contributed by atoms with Crippen LogP contribution in [0, 0.1) is 0 Å². The van der Waals surface area contributed by atoms with Crippen molar-refractivity contribution in [2.24, 2.45) is 0 Å². The van der Waals surface area contributed by atoms with Gasteiger partial charge in [0.05, 0.1) is 28.8 Å². The van der Waals surface area contributed by atoms with Gasteiger partial charge in [-0.1, -0.05) is 6.07 Å². The zero-order valence-electron chi connectivity index (χ0n) is 15.2. The number of benzene rings is 2. The van der Waals surface area contributed by atoms with Crippen molar-refractivity contribution in [3.05, 3.63) is 52.5 Å². The summed E-state index contributed by atoms with van der Waals surface area (Å²) in [5.41, 5.74) is 0.426. The lowest BCUT2D eigenvalue weighted by atomic mass is 10.2. The molecule has 150 valence electrons. The quantitative estimate of drug-likeness (QED) is 0.573. The molecule has 0 fully saturated rings. The van der Waals surface area contributed by atoms with Crippen molar-refractivity contribution in [3.63, 3.8) is 0 Å². The number of anilines is 1. The van der Waals surface area contributed by atoms with Gasteiger partial charge in [0.25, 0.3) is 15.9 Å². The fourth-order valence-electron chi connectivity index (χ4n) is 2.18. The molecule has 2 aromatic carbocycles. The molecule has 2 N–H and O–H groups in total. The van der Waals surface area contributed by atoms with Crippen molar-refractivity contribution in [3.8, 4) is 5.75 Å². The van der Waals surface area contributed by atoms with E-state index in [1.54, 1.807) is 18.2 Å². The molecule has 0 spiro atoms. The topological polar surface area (TPSA) is 111 Å². The molecule has 0 aliphatic carbocycles. The van der Waals surface area contributed by atoms with E-state index in [0.29, 0.717) is 22.5 Å². The van der Waals surface area contributed by atoms with Gasteiger partial charge in [-0.2, -0.15) is 0 Å². The highest BCUT2D eigenvalue weighted by atomic mass is 79.9. The van der Waals surface area contributed by atoms with E-state index in [2.05, 4.69) is 30.7 Å². The van der Waals surface area contributed by atoms with E-state index >= 15 is 0 Å². The number of carbonyl (C=O) groups is 2. The van der Waals surface area contributed by atoms with Crippen molar-refractivity contribution in [1.82, 2.24) is 5.32 Å². The highest BCUT2D eigenvalue weighted by molar-refractivity contribution is 9.10. The smallest absolute Gasteiger partial charge is 0.325 e. The largest absolute Gasteiger partial charge is 0.493 e. The Morgan fingerprint density at radius 2 is 1.89 bits per heavy atom.